The van der Waals surface area contributed by atoms with Crippen molar-refractivity contribution in [2.75, 3.05) is 27.1 Å². The van der Waals surface area contributed by atoms with E-state index in [1.54, 1.807) is 27.7 Å². The van der Waals surface area contributed by atoms with E-state index < -0.39 is 0 Å². The third kappa shape index (κ3) is 2.36. The van der Waals surface area contributed by atoms with Gasteiger partial charge in [-0.1, -0.05) is 0 Å². The average molecular weight is 350 g/mol. The van der Waals surface area contributed by atoms with E-state index in [0.29, 0.717) is 17.3 Å². The molecule has 4 aromatic rings. The zero-order valence-corrected chi connectivity index (χ0v) is 14.7. The minimum atomic E-state index is 0.396. The zero-order chi connectivity index (χ0) is 18.3. The van der Waals surface area contributed by atoms with Crippen molar-refractivity contribution in [1.29, 1.82) is 0 Å². The molecule has 0 radical (unpaired) electrons. The summed E-state index contributed by atoms with van der Waals surface area (Å²) in [5.74, 6) is 2.41. The third-order valence-electron chi connectivity index (χ3n) is 4.35. The van der Waals surface area contributed by atoms with E-state index in [4.69, 9.17) is 19.9 Å². The number of ether oxygens (including phenoxy) is 3. The van der Waals surface area contributed by atoms with E-state index in [-0.39, 0.29) is 0 Å². The van der Waals surface area contributed by atoms with E-state index >= 15 is 0 Å². The van der Waals surface area contributed by atoms with Crippen LogP contribution in [0.15, 0.2) is 42.7 Å². The molecule has 0 aliphatic heterocycles. The predicted molar refractivity (Wildman–Crippen MR) is 100.0 cm³/mol. The first-order valence-corrected chi connectivity index (χ1v) is 7.99. The van der Waals surface area contributed by atoms with Crippen LogP contribution in [0.5, 0.6) is 17.2 Å². The molecule has 132 valence electrons. The molecular formula is C19H18N4O3. The van der Waals surface area contributed by atoms with Gasteiger partial charge in [0.15, 0.2) is 17.3 Å². The van der Waals surface area contributed by atoms with Crippen LogP contribution in [0.1, 0.15) is 0 Å². The van der Waals surface area contributed by atoms with Crippen molar-refractivity contribution in [2.45, 2.75) is 0 Å². The second kappa shape index (κ2) is 6.11. The Morgan fingerprint density at radius 3 is 2.46 bits per heavy atom. The molecule has 0 saturated carbocycles. The minimum Gasteiger partial charge on any atom is -0.497 e. The Balaban J connectivity index is 1.96. The van der Waals surface area contributed by atoms with E-state index in [9.17, 15) is 0 Å². The summed E-state index contributed by atoms with van der Waals surface area (Å²) in [5.41, 5.74) is 10.2. The summed E-state index contributed by atoms with van der Waals surface area (Å²) in [4.78, 5) is 9.09. The summed E-state index contributed by atoms with van der Waals surface area (Å²) in [6.45, 7) is 0. The first-order valence-electron chi connectivity index (χ1n) is 7.99. The van der Waals surface area contributed by atoms with Crippen molar-refractivity contribution in [1.82, 2.24) is 14.4 Å². The number of benzene rings is 2. The Morgan fingerprint density at radius 2 is 1.73 bits per heavy atom. The number of anilines is 1. The molecule has 0 unspecified atom stereocenters. The van der Waals surface area contributed by atoms with Crippen molar-refractivity contribution in [3.8, 4) is 28.5 Å². The van der Waals surface area contributed by atoms with Crippen LogP contribution >= 0.6 is 0 Å². The molecule has 0 bridgehead atoms. The monoisotopic (exact) mass is 350 g/mol. The molecule has 26 heavy (non-hydrogen) atoms. The summed E-state index contributed by atoms with van der Waals surface area (Å²) >= 11 is 0. The molecule has 0 spiro atoms. The lowest BCUT2D eigenvalue weighted by Gasteiger charge is -2.10. The lowest BCUT2D eigenvalue weighted by atomic mass is 10.1. The number of hydrogen-bond donors (Lipinski definition) is 1. The maximum atomic E-state index is 6.25. The molecule has 2 aromatic heterocycles. The molecule has 0 aliphatic rings. The Labute approximate surface area is 150 Å². The van der Waals surface area contributed by atoms with Crippen molar-refractivity contribution < 1.29 is 14.2 Å². The highest BCUT2D eigenvalue weighted by atomic mass is 16.5. The van der Waals surface area contributed by atoms with Gasteiger partial charge in [-0.05, 0) is 30.3 Å². The largest absolute Gasteiger partial charge is 0.497 e. The van der Waals surface area contributed by atoms with Crippen LogP contribution in [-0.4, -0.2) is 35.7 Å². The fourth-order valence-electron chi connectivity index (χ4n) is 3.08. The highest BCUT2D eigenvalue weighted by Gasteiger charge is 2.16. The van der Waals surface area contributed by atoms with Gasteiger partial charge in [0, 0.05) is 11.6 Å². The molecule has 0 fully saturated rings. The molecule has 2 aromatic carbocycles. The molecule has 0 amide bonds. The van der Waals surface area contributed by atoms with Crippen molar-refractivity contribution in [3.05, 3.63) is 42.7 Å². The molecule has 0 atom stereocenters. The van der Waals surface area contributed by atoms with Crippen LogP contribution in [0.4, 0.5) is 5.82 Å². The molecule has 2 heterocycles. The van der Waals surface area contributed by atoms with E-state index in [1.165, 1.54) is 0 Å². The van der Waals surface area contributed by atoms with Crippen LogP contribution in [-0.2, 0) is 0 Å². The minimum absolute atomic E-state index is 0.396. The summed E-state index contributed by atoms with van der Waals surface area (Å²) < 4.78 is 17.9. The normalized spacial score (nSPS) is 11.0. The Hall–Kier alpha value is -3.48. The van der Waals surface area contributed by atoms with Gasteiger partial charge in [-0.2, -0.15) is 0 Å². The Kier molecular flexibility index (Phi) is 3.76. The van der Waals surface area contributed by atoms with Crippen molar-refractivity contribution >= 4 is 22.4 Å². The smallest absolute Gasteiger partial charge is 0.161 e. The van der Waals surface area contributed by atoms with Gasteiger partial charge in [0.2, 0.25) is 0 Å². The van der Waals surface area contributed by atoms with Crippen molar-refractivity contribution in [3.63, 3.8) is 0 Å². The number of rotatable bonds is 4. The molecule has 0 saturated heterocycles. The van der Waals surface area contributed by atoms with Gasteiger partial charge in [0.05, 0.1) is 38.1 Å². The number of fused-ring (bicyclic) bond motifs is 3. The SMILES string of the molecule is COc1ccc2c(c1)nc(N)c1c(-c3ccc(OC)c(OC)c3)ncn12. The number of nitrogens with two attached hydrogens (primary N) is 1. The van der Waals surface area contributed by atoms with Gasteiger partial charge in [-0.3, -0.25) is 4.40 Å². The zero-order valence-electron chi connectivity index (χ0n) is 14.7. The fourth-order valence-corrected chi connectivity index (χ4v) is 3.08. The van der Waals surface area contributed by atoms with E-state index in [0.717, 1.165) is 33.6 Å². The maximum absolute atomic E-state index is 6.25. The first kappa shape index (κ1) is 16.0. The van der Waals surface area contributed by atoms with Crippen LogP contribution < -0.4 is 19.9 Å². The average Bonchev–Trinajstić information content (AvgIpc) is 3.13. The van der Waals surface area contributed by atoms with Gasteiger partial charge in [0.1, 0.15) is 17.6 Å². The molecular weight excluding hydrogens is 332 g/mol. The standard InChI is InChI=1S/C19H18N4O3/c1-24-12-5-6-14-13(9-12)22-19(20)18-17(21-10-23(14)18)11-4-7-15(25-2)16(8-11)26-3/h4-10H,1-3H3,(H2,20,22). The van der Waals surface area contributed by atoms with Gasteiger partial charge >= 0.3 is 0 Å². The Morgan fingerprint density at radius 1 is 0.923 bits per heavy atom. The lowest BCUT2D eigenvalue weighted by molar-refractivity contribution is 0.355. The Bertz CT molecular complexity index is 1120. The van der Waals surface area contributed by atoms with Crippen LogP contribution in [0.2, 0.25) is 0 Å². The summed E-state index contributed by atoms with van der Waals surface area (Å²) in [7, 11) is 4.82. The van der Waals surface area contributed by atoms with Crippen LogP contribution in [0, 0.1) is 0 Å². The number of hydrogen-bond acceptors (Lipinski definition) is 6. The van der Waals surface area contributed by atoms with Crippen molar-refractivity contribution in [2.24, 2.45) is 0 Å². The number of nitrogen functional groups attached to an aromatic ring is 1. The first-order chi connectivity index (χ1) is 12.7. The highest BCUT2D eigenvalue weighted by Crippen LogP contribution is 2.35. The van der Waals surface area contributed by atoms with Gasteiger partial charge in [-0.15, -0.1) is 0 Å². The highest BCUT2D eigenvalue weighted by molar-refractivity contribution is 5.92. The van der Waals surface area contributed by atoms with Gasteiger partial charge in [-0.25, -0.2) is 9.97 Å². The number of aromatic nitrogens is 3. The van der Waals surface area contributed by atoms with E-state index in [1.807, 2.05) is 40.8 Å². The number of imidazole rings is 1. The topological polar surface area (TPSA) is 83.9 Å². The van der Waals surface area contributed by atoms with Gasteiger partial charge < -0.3 is 19.9 Å². The predicted octanol–water partition coefficient (Wildman–Crippen LogP) is 3.16. The number of nitrogens with zero attached hydrogens (tertiary/aromatic N) is 3. The quantitative estimate of drug-likeness (QED) is 0.609. The van der Waals surface area contributed by atoms with E-state index in [2.05, 4.69) is 9.97 Å². The molecule has 7 heteroatoms. The summed E-state index contributed by atoms with van der Waals surface area (Å²) in [6.07, 6.45) is 1.74. The fraction of sp³-hybridized carbons (Fsp3) is 0.158. The van der Waals surface area contributed by atoms with Crippen LogP contribution in [0.25, 0.3) is 27.8 Å². The third-order valence-corrected chi connectivity index (χ3v) is 4.35. The molecule has 2 N–H and O–H groups in total. The second-order valence-corrected chi connectivity index (χ2v) is 5.73. The number of methoxy groups -OCH3 is 3. The second-order valence-electron chi connectivity index (χ2n) is 5.73. The van der Waals surface area contributed by atoms with Gasteiger partial charge in [0.25, 0.3) is 0 Å². The summed E-state index contributed by atoms with van der Waals surface area (Å²) in [6, 6.07) is 11.3. The lowest BCUT2D eigenvalue weighted by Crippen LogP contribution is -1.99. The summed E-state index contributed by atoms with van der Waals surface area (Å²) in [5, 5.41) is 0. The van der Waals surface area contributed by atoms with Crippen LogP contribution in [0.3, 0.4) is 0 Å². The maximum Gasteiger partial charge on any atom is 0.161 e. The molecule has 4 rings (SSSR count). The molecule has 7 nitrogen and oxygen atoms in total. The molecule has 0 aliphatic carbocycles.